The average molecular weight is 379 g/mol. The Bertz CT molecular complexity index is 1090. The zero-order chi connectivity index (χ0) is 19.1. The number of aromatic nitrogens is 4. The van der Waals surface area contributed by atoms with Gasteiger partial charge in [-0.2, -0.15) is 5.10 Å². The van der Waals surface area contributed by atoms with Gasteiger partial charge in [0.25, 0.3) is 5.56 Å². The third-order valence-electron chi connectivity index (χ3n) is 5.95. The molecule has 0 radical (unpaired) electrons. The summed E-state index contributed by atoms with van der Waals surface area (Å²) in [5.74, 6) is 0.919. The van der Waals surface area contributed by atoms with Crippen molar-refractivity contribution in [1.82, 2.24) is 19.7 Å². The molecule has 1 aliphatic carbocycles. The SMILES string of the molecule is O=c1cc2c(nn1CC1CCN(c3ncnc4ccc(F)cc34)CC1)CCC2. The molecule has 0 unspecified atom stereocenters. The van der Waals surface area contributed by atoms with Crippen LogP contribution in [0.15, 0.2) is 35.4 Å². The minimum atomic E-state index is -0.277. The lowest BCUT2D eigenvalue weighted by molar-refractivity contribution is 0.333. The van der Waals surface area contributed by atoms with E-state index in [1.54, 1.807) is 16.8 Å². The van der Waals surface area contributed by atoms with E-state index in [0.29, 0.717) is 12.5 Å². The maximum Gasteiger partial charge on any atom is 0.267 e. The van der Waals surface area contributed by atoms with E-state index in [1.807, 2.05) is 0 Å². The molecule has 28 heavy (non-hydrogen) atoms. The van der Waals surface area contributed by atoms with Crippen LogP contribution in [0.4, 0.5) is 10.2 Å². The monoisotopic (exact) mass is 379 g/mol. The van der Waals surface area contributed by atoms with Gasteiger partial charge in [0, 0.05) is 31.1 Å². The Balaban J connectivity index is 1.31. The van der Waals surface area contributed by atoms with Crippen LogP contribution >= 0.6 is 0 Å². The molecule has 0 atom stereocenters. The molecule has 1 aromatic carbocycles. The van der Waals surface area contributed by atoms with Crippen molar-refractivity contribution in [2.45, 2.75) is 38.6 Å². The molecule has 3 aromatic rings. The van der Waals surface area contributed by atoms with Gasteiger partial charge in [-0.15, -0.1) is 0 Å². The molecule has 5 rings (SSSR count). The minimum Gasteiger partial charge on any atom is -0.356 e. The summed E-state index contributed by atoms with van der Waals surface area (Å²) in [4.78, 5) is 23.2. The summed E-state index contributed by atoms with van der Waals surface area (Å²) in [5, 5.41) is 5.35. The van der Waals surface area contributed by atoms with E-state index < -0.39 is 0 Å². The topological polar surface area (TPSA) is 63.9 Å². The van der Waals surface area contributed by atoms with Crippen molar-refractivity contribution >= 4 is 16.7 Å². The second kappa shape index (κ2) is 6.96. The number of nitrogens with zero attached hydrogens (tertiary/aromatic N) is 5. The van der Waals surface area contributed by atoms with Crippen LogP contribution in [-0.4, -0.2) is 32.8 Å². The molecule has 6 nitrogen and oxygen atoms in total. The van der Waals surface area contributed by atoms with E-state index >= 15 is 0 Å². The predicted molar refractivity (Wildman–Crippen MR) is 105 cm³/mol. The Labute approximate surface area is 162 Å². The van der Waals surface area contributed by atoms with Gasteiger partial charge in [-0.1, -0.05) is 0 Å². The highest BCUT2D eigenvalue weighted by atomic mass is 19.1. The molecule has 2 aromatic heterocycles. The van der Waals surface area contributed by atoms with E-state index in [-0.39, 0.29) is 11.4 Å². The molecule has 0 spiro atoms. The van der Waals surface area contributed by atoms with Crippen molar-refractivity contribution in [2.75, 3.05) is 18.0 Å². The fraction of sp³-hybridized carbons (Fsp3) is 0.429. The number of hydrogen-bond donors (Lipinski definition) is 0. The highest BCUT2D eigenvalue weighted by Crippen LogP contribution is 2.28. The number of aryl methyl sites for hydroxylation is 2. The molecular weight excluding hydrogens is 357 g/mol. The summed E-state index contributed by atoms with van der Waals surface area (Å²) in [7, 11) is 0. The van der Waals surface area contributed by atoms with Crippen molar-refractivity contribution in [3.05, 3.63) is 58.0 Å². The van der Waals surface area contributed by atoms with Crippen LogP contribution in [-0.2, 0) is 19.4 Å². The van der Waals surface area contributed by atoms with Gasteiger partial charge in [0.05, 0.1) is 11.2 Å². The van der Waals surface area contributed by atoms with Gasteiger partial charge in [0.15, 0.2) is 0 Å². The number of anilines is 1. The molecule has 0 bridgehead atoms. The van der Waals surface area contributed by atoms with Crippen LogP contribution in [0.5, 0.6) is 0 Å². The molecule has 1 saturated heterocycles. The standard InChI is InChI=1S/C21H22FN5O/c22-16-4-5-19-17(11-16)21(24-13-23-19)26-8-6-14(7-9-26)12-27-20(28)10-15-2-1-3-18(15)25-27/h4-5,10-11,13-14H,1-3,6-9,12H2. The van der Waals surface area contributed by atoms with E-state index in [9.17, 15) is 9.18 Å². The van der Waals surface area contributed by atoms with Gasteiger partial charge in [-0.25, -0.2) is 19.0 Å². The second-order valence-corrected chi connectivity index (χ2v) is 7.78. The van der Waals surface area contributed by atoms with Gasteiger partial charge in [0.1, 0.15) is 18.0 Å². The molecule has 7 heteroatoms. The average Bonchev–Trinajstić information content (AvgIpc) is 3.15. The quantitative estimate of drug-likeness (QED) is 0.700. The first-order valence-corrected chi connectivity index (χ1v) is 9.92. The number of halogens is 1. The van der Waals surface area contributed by atoms with Gasteiger partial charge < -0.3 is 4.90 Å². The van der Waals surface area contributed by atoms with Gasteiger partial charge in [-0.3, -0.25) is 4.79 Å². The third-order valence-corrected chi connectivity index (χ3v) is 5.95. The summed E-state index contributed by atoms with van der Waals surface area (Å²) in [6.07, 6.45) is 6.49. The number of rotatable bonds is 3. The summed E-state index contributed by atoms with van der Waals surface area (Å²) in [5.41, 5.74) is 2.98. The highest BCUT2D eigenvalue weighted by molar-refractivity contribution is 5.89. The van der Waals surface area contributed by atoms with Crippen molar-refractivity contribution in [3.8, 4) is 0 Å². The normalized spacial score (nSPS) is 17.2. The van der Waals surface area contributed by atoms with E-state index in [1.165, 1.54) is 18.5 Å². The largest absolute Gasteiger partial charge is 0.356 e. The van der Waals surface area contributed by atoms with Crippen molar-refractivity contribution in [3.63, 3.8) is 0 Å². The molecule has 144 valence electrons. The van der Waals surface area contributed by atoms with Crippen LogP contribution in [0, 0.1) is 11.7 Å². The Morgan fingerprint density at radius 2 is 1.96 bits per heavy atom. The Morgan fingerprint density at radius 1 is 1.11 bits per heavy atom. The zero-order valence-corrected chi connectivity index (χ0v) is 15.6. The summed E-state index contributed by atoms with van der Waals surface area (Å²) in [6.45, 7) is 2.32. The number of fused-ring (bicyclic) bond motifs is 2. The van der Waals surface area contributed by atoms with Crippen LogP contribution in [0.1, 0.15) is 30.5 Å². The molecule has 3 heterocycles. The lowest BCUT2D eigenvalue weighted by Crippen LogP contribution is -2.37. The first-order chi connectivity index (χ1) is 13.7. The number of benzene rings is 1. The van der Waals surface area contributed by atoms with Crippen LogP contribution in [0.3, 0.4) is 0 Å². The molecule has 1 fully saturated rings. The maximum atomic E-state index is 13.7. The molecule has 1 aliphatic heterocycles. The first-order valence-electron chi connectivity index (χ1n) is 9.92. The lowest BCUT2D eigenvalue weighted by Gasteiger charge is -2.33. The Morgan fingerprint density at radius 3 is 2.82 bits per heavy atom. The van der Waals surface area contributed by atoms with Crippen molar-refractivity contribution in [1.29, 1.82) is 0 Å². The molecular formula is C21H22FN5O. The van der Waals surface area contributed by atoms with Crippen LogP contribution in [0.25, 0.3) is 10.9 Å². The third kappa shape index (κ3) is 3.15. The Kier molecular flexibility index (Phi) is 4.30. The predicted octanol–water partition coefficient (Wildman–Crippen LogP) is 2.73. The molecule has 0 N–H and O–H groups in total. The molecule has 0 amide bonds. The molecule has 2 aliphatic rings. The van der Waals surface area contributed by atoms with Crippen molar-refractivity contribution in [2.24, 2.45) is 5.92 Å². The molecule has 0 saturated carbocycles. The Hall–Kier alpha value is -2.83. The smallest absolute Gasteiger partial charge is 0.267 e. The fourth-order valence-corrected chi connectivity index (χ4v) is 4.41. The van der Waals surface area contributed by atoms with Gasteiger partial charge in [0.2, 0.25) is 0 Å². The van der Waals surface area contributed by atoms with E-state index in [2.05, 4.69) is 20.0 Å². The summed E-state index contributed by atoms with van der Waals surface area (Å²) >= 11 is 0. The van der Waals surface area contributed by atoms with Crippen LogP contribution in [0.2, 0.25) is 0 Å². The summed E-state index contributed by atoms with van der Waals surface area (Å²) < 4.78 is 15.4. The lowest BCUT2D eigenvalue weighted by atomic mass is 9.96. The van der Waals surface area contributed by atoms with Crippen LogP contribution < -0.4 is 10.5 Å². The van der Waals surface area contributed by atoms with Gasteiger partial charge >= 0.3 is 0 Å². The van der Waals surface area contributed by atoms with E-state index in [0.717, 1.165) is 73.2 Å². The second-order valence-electron chi connectivity index (χ2n) is 7.78. The summed E-state index contributed by atoms with van der Waals surface area (Å²) in [6, 6.07) is 6.39. The van der Waals surface area contributed by atoms with Gasteiger partial charge in [-0.05, 0) is 61.8 Å². The number of hydrogen-bond acceptors (Lipinski definition) is 5. The van der Waals surface area contributed by atoms with E-state index in [4.69, 9.17) is 0 Å². The minimum absolute atomic E-state index is 0.0142. The maximum absolute atomic E-state index is 13.7. The van der Waals surface area contributed by atoms with Crippen molar-refractivity contribution < 1.29 is 4.39 Å². The highest BCUT2D eigenvalue weighted by Gasteiger charge is 2.23. The zero-order valence-electron chi connectivity index (χ0n) is 15.6. The number of piperidine rings is 1. The first kappa shape index (κ1) is 17.3. The fourth-order valence-electron chi connectivity index (χ4n) is 4.41.